The molecule has 1 aliphatic rings. The van der Waals surface area contributed by atoms with Gasteiger partial charge in [-0.3, -0.25) is 4.98 Å². The number of hydrogen-bond acceptors (Lipinski definition) is 4. The first-order valence-electron chi connectivity index (χ1n) is 6.12. The zero-order valence-corrected chi connectivity index (χ0v) is 10.2. The Morgan fingerprint density at radius 2 is 2.53 bits per heavy atom. The first-order valence-corrected chi connectivity index (χ1v) is 6.12. The SMILES string of the molecule is CC(CO)(NCC1CCCO1)c1cccnc1. The van der Waals surface area contributed by atoms with E-state index in [0.717, 1.165) is 31.6 Å². The lowest BCUT2D eigenvalue weighted by molar-refractivity contribution is 0.0909. The number of aliphatic hydroxyl groups excluding tert-OH is 1. The second-order valence-corrected chi connectivity index (χ2v) is 4.75. The van der Waals surface area contributed by atoms with Gasteiger partial charge < -0.3 is 15.2 Å². The van der Waals surface area contributed by atoms with Crippen LogP contribution in [0.2, 0.25) is 0 Å². The molecule has 1 aromatic heterocycles. The average Bonchev–Trinajstić information content (AvgIpc) is 2.90. The van der Waals surface area contributed by atoms with Crippen molar-refractivity contribution in [1.29, 1.82) is 0 Å². The number of ether oxygens (including phenoxy) is 1. The van der Waals surface area contributed by atoms with Crippen LogP contribution >= 0.6 is 0 Å². The van der Waals surface area contributed by atoms with E-state index in [1.165, 1.54) is 0 Å². The molecule has 4 heteroatoms. The van der Waals surface area contributed by atoms with E-state index in [1.807, 2.05) is 19.1 Å². The summed E-state index contributed by atoms with van der Waals surface area (Å²) >= 11 is 0. The molecule has 0 aliphatic carbocycles. The Hall–Kier alpha value is -0.970. The Kier molecular flexibility index (Phi) is 4.10. The number of pyridine rings is 1. The molecule has 2 unspecified atom stereocenters. The van der Waals surface area contributed by atoms with Crippen LogP contribution < -0.4 is 5.32 Å². The van der Waals surface area contributed by atoms with Crippen molar-refractivity contribution in [3.63, 3.8) is 0 Å². The monoisotopic (exact) mass is 236 g/mol. The maximum atomic E-state index is 9.58. The summed E-state index contributed by atoms with van der Waals surface area (Å²) < 4.78 is 5.57. The van der Waals surface area contributed by atoms with Crippen LogP contribution in [0, 0.1) is 0 Å². The number of rotatable bonds is 5. The second kappa shape index (κ2) is 5.58. The van der Waals surface area contributed by atoms with E-state index in [2.05, 4.69) is 10.3 Å². The highest BCUT2D eigenvalue weighted by atomic mass is 16.5. The predicted octanol–water partition coefficient (Wildman–Crippen LogP) is 1.06. The van der Waals surface area contributed by atoms with Crippen LogP contribution in [0.5, 0.6) is 0 Å². The molecule has 0 saturated carbocycles. The summed E-state index contributed by atoms with van der Waals surface area (Å²) in [7, 11) is 0. The number of aromatic nitrogens is 1. The summed E-state index contributed by atoms with van der Waals surface area (Å²) in [4.78, 5) is 4.10. The number of nitrogens with zero attached hydrogens (tertiary/aromatic N) is 1. The summed E-state index contributed by atoms with van der Waals surface area (Å²) in [5, 5.41) is 13.0. The van der Waals surface area contributed by atoms with Crippen molar-refractivity contribution < 1.29 is 9.84 Å². The first-order chi connectivity index (χ1) is 8.24. The molecule has 17 heavy (non-hydrogen) atoms. The quantitative estimate of drug-likeness (QED) is 0.802. The lowest BCUT2D eigenvalue weighted by atomic mass is 9.94. The largest absolute Gasteiger partial charge is 0.394 e. The van der Waals surface area contributed by atoms with E-state index < -0.39 is 5.54 Å². The zero-order chi connectivity index (χ0) is 12.1. The summed E-state index contributed by atoms with van der Waals surface area (Å²) in [6.45, 7) is 3.66. The van der Waals surface area contributed by atoms with Gasteiger partial charge in [0, 0.05) is 25.5 Å². The summed E-state index contributed by atoms with van der Waals surface area (Å²) in [5.41, 5.74) is 0.556. The van der Waals surface area contributed by atoms with Gasteiger partial charge in [-0.2, -0.15) is 0 Å². The van der Waals surface area contributed by atoms with Crippen molar-refractivity contribution in [2.75, 3.05) is 19.8 Å². The molecular weight excluding hydrogens is 216 g/mol. The highest BCUT2D eigenvalue weighted by molar-refractivity contribution is 5.19. The van der Waals surface area contributed by atoms with Crippen molar-refractivity contribution >= 4 is 0 Å². The van der Waals surface area contributed by atoms with Gasteiger partial charge >= 0.3 is 0 Å². The van der Waals surface area contributed by atoms with Crippen LogP contribution in [-0.2, 0) is 10.3 Å². The summed E-state index contributed by atoms with van der Waals surface area (Å²) in [6, 6.07) is 3.86. The van der Waals surface area contributed by atoms with Gasteiger partial charge in [0.2, 0.25) is 0 Å². The third kappa shape index (κ3) is 3.03. The lowest BCUT2D eigenvalue weighted by Crippen LogP contribution is -2.46. The van der Waals surface area contributed by atoms with Crippen LogP contribution in [0.25, 0.3) is 0 Å². The van der Waals surface area contributed by atoms with Gasteiger partial charge in [0.05, 0.1) is 18.2 Å². The highest BCUT2D eigenvalue weighted by Gasteiger charge is 2.27. The van der Waals surface area contributed by atoms with Crippen LogP contribution in [-0.4, -0.2) is 36.0 Å². The Morgan fingerprint density at radius 1 is 1.65 bits per heavy atom. The molecule has 2 rings (SSSR count). The topological polar surface area (TPSA) is 54.4 Å². The number of hydrogen-bond donors (Lipinski definition) is 2. The van der Waals surface area contributed by atoms with Crippen LogP contribution in [0.4, 0.5) is 0 Å². The van der Waals surface area contributed by atoms with Gasteiger partial charge in [0.1, 0.15) is 0 Å². The molecule has 0 bridgehead atoms. The Morgan fingerprint density at radius 3 is 3.12 bits per heavy atom. The standard InChI is InChI=1S/C13H20N2O2/c1-13(10-16,11-4-2-6-14-8-11)15-9-12-5-3-7-17-12/h2,4,6,8,12,15-16H,3,5,7,9-10H2,1H3. The molecule has 0 radical (unpaired) electrons. The molecule has 4 nitrogen and oxygen atoms in total. The van der Waals surface area contributed by atoms with Crippen LogP contribution in [0.1, 0.15) is 25.3 Å². The van der Waals surface area contributed by atoms with Crippen LogP contribution in [0.15, 0.2) is 24.5 Å². The molecule has 94 valence electrons. The molecule has 2 N–H and O–H groups in total. The maximum absolute atomic E-state index is 9.58. The summed E-state index contributed by atoms with van der Waals surface area (Å²) in [6.07, 6.45) is 6.04. The maximum Gasteiger partial charge on any atom is 0.0700 e. The summed E-state index contributed by atoms with van der Waals surface area (Å²) in [5.74, 6) is 0. The number of nitrogens with one attached hydrogen (secondary N) is 1. The fourth-order valence-corrected chi connectivity index (χ4v) is 2.08. The molecule has 1 aromatic rings. The minimum Gasteiger partial charge on any atom is -0.394 e. The Balaban J connectivity index is 1.98. The van der Waals surface area contributed by atoms with Gasteiger partial charge in [-0.25, -0.2) is 0 Å². The Labute approximate surface area is 102 Å². The number of aliphatic hydroxyl groups is 1. The van der Waals surface area contributed by atoms with E-state index in [-0.39, 0.29) is 12.7 Å². The van der Waals surface area contributed by atoms with Gasteiger partial charge in [0.15, 0.2) is 0 Å². The fraction of sp³-hybridized carbons (Fsp3) is 0.615. The van der Waals surface area contributed by atoms with E-state index in [0.29, 0.717) is 0 Å². The van der Waals surface area contributed by atoms with Crippen LogP contribution in [0.3, 0.4) is 0 Å². The predicted molar refractivity (Wildman–Crippen MR) is 65.7 cm³/mol. The average molecular weight is 236 g/mol. The first kappa shape index (κ1) is 12.5. The minimum atomic E-state index is -0.444. The van der Waals surface area contributed by atoms with Gasteiger partial charge in [-0.1, -0.05) is 6.07 Å². The molecule has 1 fully saturated rings. The molecule has 2 atom stereocenters. The molecule has 0 spiro atoms. The van der Waals surface area contributed by atoms with Crippen molar-refractivity contribution in [3.05, 3.63) is 30.1 Å². The van der Waals surface area contributed by atoms with Crippen molar-refractivity contribution in [1.82, 2.24) is 10.3 Å². The van der Waals surface area contributed by atoms with Crippen molar-refractivity contribution in [2.45, 2.75) is 31.4 Å². The minimum absolute atomic E-state index is 0.0470. The van der Waals surface area contributed by atoms with E-state index in [1.54, 1.807) is 12.4 Å². The zero-order valence-electron chi connectivity index (χ0n) is 10.2. The lowest BCUT2D eigenvalue weighted by Gasteiger charge is -2.30. The van der Waals surface area contributed by atoms with Gasteiger partial charge in [-0.15, -0.1) is 0 Å². The third-order valence-electron chi connectivity index (χ3n) is 3.36. The van der Waals surface area contributed by atoms with Crippen molar-refractivity contribution in [2.24, 2.45) is 0 Å². The molecule has 0 amide bonds. The molecule has 0 aromatic carbocycles. The van der Waals surface area contributed by atoms with E-state index in [9.17, 15) is 5.11 Å². The molecule has 2 heterocycles. The Bertz CT molecular complexity index is 339. The van der Waals surface area contributed by atoms with E-state index in [4.69, 9.17) is 4.74 Å². The normalized spacial score (nSPS) is 23.5. The van der Waals surface area contributed by atoms with Crippen molar-refractivity contribution in [3.8, 4) is 0 Å². The smallest absolute Gasteiger partial charge is 0.0700 e. The third-order valence-corrected chi connectivity index (χ3v) is 3.36. The molecule has 1 saturated heterocycles. The second-order valence-electron chi connectivity index (χ2n) is 4.75. The molecule has 1 aliphatic heterocycles. The van der Waals surface area contributed by atoms with E-state index >= 15 is 0 Å². The fourth-order valence-electron chi connectivity index (χ4n) is 2.08. The van der Waals surface area contributed by atoms with Gasteiger partial charge in [-0.05, 0) is 31.4 Å². The van der Waals surface area contributed by atoms with Gasteiger partial charge in [0.25, 0.3) is 0 Å². The highest BCUT2D eigenvalue weighted by Crippen LogP contribution is 2.20. The molecular formula is C13H20N2O2.